The molecule has 5 aromatic carbocycles. The second-order valence-electron chi connectivity index (χ2n) is 12.4. The minimum Gasteiger partial charge on any atom is -0.384 e. The van der Waals surface area contributed by atoms with E-state index in [0.717, 1.165) is 47.2 Å². The van der Waals surface area contributed by atoms with Crippen LogP contribution in [0.5, 0.6) is 0 Å². The van der Waals surface area contributed by atoms with E-state index in [-0.39, 0.29) is 23.5 Å². The largest absolute Gasteiger partial charge is 0.384 e. The van der Waals surface area contributed by atoms with Crippen LogP contribution in [0.2, 0.25) is 0 Å². The zero-order chi connectivity index (χ0) is 34.3. The summed E-state index contributed by atoms with van der Waals surface area (Å²) in [7, 11) is 2.01. The molecule has 0 spiro atoms. The van der Waals surface area contributed by atoms with E-state index in [2.05, 4.69) is 53.1 Å². The molecule has 6 rings (SSSR count). The van der Waals surface area contributed by atoms with Crippen LogP contribution in [0, 0.1) is 10.8 Å². The molecule has 1 amide bonds. The van der Waals surface area contributed by atoms with Crippen molar-refractivity contribution < 1.29 is 4.79 Å². The number of amides is 1. The van der Waals surface area contributed by atoms with Gasteiger partial charge in [-0.25, -0.2) is 4.98 Å². The average Bonchev–Trinajstić information content (AvgIpc) is 3.45. The molecule has 49 heavy (non-hydrogen) atoms. The van der Waals surface area contributed by atoms with Crippen molar-refractivity contribution in [2.24, 2.45) is 18.5 Å². The summed E-state index contributed by atoms with van der Waals surface area (Å²) in [6, 6.07) is 42.0. The van der Waals surface area contributed by atoms with Crippen LogP contribution in [0.4, 0.5) is 0 Å². The van der Waals surface area contributed by atoms with Gasteiger partial charge < -0.3 is 20.9 Å². The van der Waals surface area contributed by atoms with Gasteiger partial charge in [0.2, 0.25) is 0 Å². The van der Waals surface area contributed by atoms with E-state index in [9.17, 15) is 4.79 Å². The average molecular weight is 648 g/mol. The second-order valence-corrected chi connectivity index (χ2v) is 12.4. The highest BCUT2D eigenvalue weighted by atomic mass is 16.2. The Balaban J connectivity index is 1.26. The van der Waals surface area contributed by atoms with Gasteiger partial charge in [-0.2, -0.15) is 0 Å². The van der Waals surface area contributed by atoms with Crippen LogP contribution in [-0.2, 0) is 26.4 Å². The van der Waals surface area contributed by atoms with Gasteiger partial charge >= 0.3 is 0 Å². The summed E-state index contributed by atoms with van der Waals surface area (Å²) in [5.74, 6) is 1.07. The number of hydrogen-bond acceptors (Lipinski definition) is 4. The number of aromatic nitrogens is 2. The molecule has 0 aliphatic rings. The molecule has 0 atom stereocenters. The maximum Gasteiger partial charge on any atom is 0.254 e. The van der Waals surface area contributed by atoms with E-state index in [0.29, 0.717) is 29.8 Å². The van der Waals surface area contributed by atoms with E-state index < -0.39 is 0 Å². The topological polar surface area (TPSA) is 138 Å². The highest BCUT2D eigenvalue weighted by Gasteiger charge is 2.22. The zero-order valence-corrected chi connectivity index (χ0v) is 27.6. The van der Waals surface area contributed by atoms with E-state index in [4.69, 9.17) is 27.3 Å². The summed E-state index contributed by atoms with van der Waals surface area (Å²) in [5.41, 5.74) is 19.5. The number of imidazole rings is 1. The molecule has 0 saturated heterocycles. The fourth-order valence-corrected chi connectivity index (χ4v) is 6.34. The number of fused-ring (bicyclic) bond motifs is 1. The predicted octanol–water partition coefficient (Wildman–Crippen LogP) is 6.79. The second kappa shape index (κ2) is 14.8. The lowest BCUT2D eigenvalue weighted by atomic mass is 9.88. The third-order valence-corrected chi connectivity index (χ3v) is 9.14. The van der Waals surface area contributed by atoms with Gasteiger partial charge in [-0.1, -0.05) is 109 Å². The van der Waals surface area contributed by atoms with E-state index >= 15 is 0 Å². The van der Waals surface area contributed by atoms with Crippen molar-refractivity contribution in [3.63, 3.8) is 0 Å². The Kier molecular flexibility index (Phi) is 9.95. The fourth-order valence-electron chi connectivity index (χ4n) is 6.34. The molecular formula is C41H41N7O. The van der Waals surface area contributed by atoms with Gasteiger partial charge in [0, 0.05) is 49.2 Å². The Morgan fingerprint density at radius 3 is 1.80 bits per heavy atom. The number of hydrogen-bond donors (Lipinski definition) is 4. The van der Waals surface area contributed by atoms with Crippen LogP contribution in [0.25, 0.3) is 11.0 Å². The summed E-state index contributed by atoms with van der Waals surface area (Å²) in [4.78, 5) is 21.2. The van der Waals surface area contributed by atoms with Crippen molar-refractivity contribution in [1.29, 1.82) is 10.8 Å². The van der Waals surface area contributed by atoms with Crippen LogP contribution in [-0.4, -0.2) is 38.6 Å². The predicted molar refractivity (Wildman–Crippen MR) is 197 cm³/mol. The number of nitrogen functional groups attached to an aromatic ring is 2. The zero-order valence-electron chi connectivity index (χ0n) is 27.6. The molecule has 6 N–H and O–H groups in total. The van der Waals surface area contributed by atoms with Crippen LogP contribution in [0.1, 0.15) is 61.9 Å². The third-order valence-electron chi connectivity index (χ3n) is 9.14. The van der Waals surface area contributed by atoms with Crippen molar-refractivity contribution in [3.05, 3.63) is 172 Å². The van der Waals surface area contributed by atoms with Crippen LogP contribution in [0.3, 0.4) is 0 Å². The Hall–Kier alpha value is -6.02. The minimum absolute atomic E-state index is 0.0157. The van der Waals surface area contributed by atoms with Gasteiger partial charge in [-0.05, 0) is 53.3 Å². The number of carbonyl (C=O) groups excluding carboxylic acids is 1. The van der Waals surface area contributed by atoms with Gasteiger partial charge in [0.15, 0.2) is 0 Å². The normalized spacial score (nSPS) is 11.1. The molecule has 8 heteroatoms. The number of aryl methyl sites for hydroxylation is 3. The molecule has 0 aliphatic carbocycles. The van der Waals surface area contributed by atoms with Gasteiger partial charge in [0.25, 0.3) is 5.91 Å². The lowest BCUT2D eigenvalue weighted by Crippen LogP contribution is -2.32. The molecule has 0 bridgehead atoms. The molecule has 0 aliphatic heterocycles. The molecule has 6 aromatic rings. The number of amidine groups is 2. The van der Waals surface area contributed by atoms with Gasteiger partial charge in [-0.15, -0.1) is 0 Å². The van der Waals surface area contributed by atoms with Gasteiger partial charge in [0.1, 0.15) is 17.5 Å². The monoisotopic (exact) mass is 647 g/mol. The van der Waals surface area contributed by atoms with Crippen LogP contribution >= 0.6 is 0 Å². The third kappa shape index (κ3) is 7.76. The molecule has 0 saturated carbocycles. The maximum absolute atomic E-state index is 14.3. The van der Waals surface area contributed by atoms with Crippen molar-refractivity contribution >= 4 is 28.6 Å². The minimum atomic E-state index is -0.0600. The first-order valence-corrected chi connectivity index (χ1v) is 16.5. The van der Waals surface area contributed by atoms with Crippen molar-refractivity contribution in [2.75, 3.05) is 6.54 Å². The summed E-state index contributed by atoms with van der Waals surface area (Å²) in [6.45, 7) is 0.955. The first kappa shape index (κ1) is 32.9. The van der Waals surface area contributed by atoms with E-state index in [1.54, 1.807) is 0 Å². The summed E-state index contributed by atoms with van der Waals surface area (Å²) >= 11 is 0. The molecule has 0 fully saturated rings. The highest BCUT2D eigenvalue weighted by molar-refractivity contribution is 5.98. The smallest absolute Gasteiger partial charge is 0.254 e. The molecule has 246 valence electrons. The summed E-state index contributed by atoms with van der Waals surface area (Å²) in [5, 5.41) is 15.4. The lowest BCUT2D eigenvalue weighted by molar-refractivity contribution is 0.0739. The Morgan fingerprint density at radius 1 is 0.714 bits per heavy atom. The molecule has 1 aromatic heterocycles. The van der Waals surface area contributed by atoms with Crippen LogP contribution in [0.15, 0.2) is 127 Å². The quantitative estimate of drug-likeness (QED) is 0.0810. The lowest BCUT2D eigenvalue weighted by Gasteiger charge is -2.26. The first-order chi connectivity index (χ1) is 23.8. The van der Waals surface area contributed by atoms with Crippen molar-refractivity contribution in [2.45, 2.75) is 31.7 Å². The van der Waals surface area contributed by atoms with E-state index in [1.807, 2.05) is 90.8 Å². The fraction of sp³-hybridized carbons (Fsp3) is 0.171. The van der Waals surface area contributed by atoms with Crippen LogP contribution < -0.4 is 11.5 Å². The Bertz CT molecular complexity index is 2030. The molecule has 0 unspecified atom stereocenters. The molecule has 1 heterocycles. The van der Waals surface area contributed by atoms with E-state index in [1.165, 1.54) is 11.1 Å². The molecule has 8 nitrogen and oxygen atoms in total. The first-order valence-electron chi connectivity index (χ1n) is 16.5. The molecule has 0 radical (unpaired) electrons. The summed E-state index contributed by atoms with van der Waals surface area (Å²) in [6.07, 6.45) is 2.27. The number of carbonyl (C=O) groups is 1. The highest BCUT2D eigenvalue weighted by Crippen LogP contribution is 2.29. The number of nitrogens with one attached hydrogen (secondary N) is 2. The number of benzene rings is 5. The standard InChI is InChI=1S/C41H41N7O/c1-47-37-22-21-34(26-36(37)46-38(47)23-16-28-12-17-32(18-13-28)39(42)43)41(49)48(27-29-14-19-33(20-15-29)40(44)45)25-24-35(30-8-4-2-5-9-30)31-10-6-3-7-11-31/h2-15,17-22,26,35H,16,23-25,27H2,1H3,(H3,42,43)(H3,44,45). The summed E-state index contributed by atoms with van der Waals surface area (Å²) < 4.78 is 2.09. The molecular weight excluding hydrogens is 606 g/mol. The van der Waals surface area contributed by atoms with Gasteiger partial charge in [0.05, 0.1) is 11.0 Å². The maximum atomic E-state index is 14.3. The van der Waals surface area contributed by atoms with Crippen molar-refractivity contribution in [3.8, 4) is 0 Å². The van der Waals surface area contributed by atoms with Gasteiger partial charge in [-0.3, -0.25) is 15.6 Å². The SMILES string of the molecule is Cn1c(CCc2ccc(C(=N)N)cc2)nc2cc(C(=O)N(CCC(c3ccccc3)c3ccccc3)Cc3ccc(C(=N)N)cc3)ccc21. The Morgan fingerprint density at radius 2 is 1.24 bits per heavy atom. The Labute approximate surface area is 287 Å². The number of rotatable bonds is 13. The number of nitrogens with zero attached hydrogens (tertiary/aromatic N) is 3. The number of nitrogens with two attached hydrogens (primary N) is 2. The van der Waals surface area contributed by atoms with Crippen molar-refractivity contribution in [1.82, 2.24) is 14.5 Å².